The van der Waals surface area contributed by atoms with Crippen molar-refractivity contribution in [2.24, 2.45) is 5.73 Å². The van der Waals surface area contributed by atoms with E-state index in [-0.39, 0.29) is 18.5 Å². The Morgan fingerprint density at radius 3 is 2.36 bits per heavy atom. The largest absolute Gasteiger partial charge is 0.480 e. The van der Waals surface area contributed by atoms with Gasteiger partial charge >= 0.3 is 5.97 Å². The van der Waals surface area contributed by atoms with Crippen molar-refractivity contribution in [1.29, 1.82) is 0 Å². The number of nitrogens with one attached hydrogen (secondary N) is 1. The number of hydrogen-bond acceptors (Lipinski definition) is 7. The van der Waals surface area contributed by atoms with Gasteiger partial charge in [-0.2, -0.15) is 0 Å². The molecular formula is C11H12N4O7. The summed E-state index contributed by atoms with van der Waals surface area (Å²) in [6.45, 7) is 0. The van der Waals surface area contributed by atoms with E-state index in [1.54, 1.807) is 0 Å². The van der Waals surface area contributed by atoms with E-state index in [1.165, 1.54) is 0 Å². The van der Waals surface area contributed by atoms with Gasteiger partial charge in [-0.25, -0.2) is 4.79 Å². The zero-order chi connectivity index (χ0) is 16.9. The lowest BCUT2D eigenvalue weighted by Gasteiger charge is -2.14. The van der Waals surface area contributed by atoms with Crippen molar-refractivity contribution in [2.45, 2.75) is 18.9 Å². The Kier molecular flexibility index (Phi) is 5.32. The maximum atomic E-state index is 11.1. The van der Waals surface area contributed by atoms with E-state index in [1.807, 2.05) is 0 Å². The van der Waals surface area contributed by atoms with E-state index < -0.39 is 39.1 Å². The number of amides is 1. The second-order valence-corrected chi connectivity index (χ2v) is 4.26. The van der Waals surface area contributed by atoms with Gasteiger partial charge in [0, 0.05) is 12.5 Å². The van der Waals surface area contributed by atoms with E-state index in [0.29, 0.717) is 0 Å². The number of carboxylic acid groups (broad SMARTS) is 1. The lowest BCUT2D eigenvalue weighted by Crippen LogP contribution is -2.31. The van der Waals surface area contributed by atoms with Crippen molar-refractivity contribution in [3.63, 3.8) is 0 Å². The predicted octanol–water partition coefficient (Wildman–Crippen LogP) is 0.634. The van der Waals surface area contributed by atoms with Crippen LogP contribution in [-0.4, -0.2) is 32.9 Å². The summed E-state index contributed by atoms with van der Waals surface area (Å²) in [5.41, 5.74) is 3.58. The fourth-order valence-electron chi connectivity index (χ4n) is 1.64. The van der Waals surface area contributed by atoms with E-state index in [9.17, 15) is 29.8 Å². The molecule has 4 N–H and O–H groups in total. The van der Waals surface area contributed by atoms with E-state index in [0.717, 1.165) is 18.2 Å². The Labute approximate surface area is 123 Å². The molecule has 0 bridgehead atoms. The van der Waals surface area contributed by atoms with E-state index >= 15 is 0 Å². The van der Waals surface area contributed by atoms with Crippen molar-refractivity contribution >= 4 is 28.9 Å². The van der Waals surface area contributed by atoms with Crippen LogP contribution in [-0.2, 0) is 9.59 Å². The fourth-order valence-corrected chi connectivity index (χ4v) is 1.64. The molecule has 0 heterocycles. The van der Waals surface area contributed by atoms with Gasteiger partial charge in [-0.1, -0.05) is 0 Å². The van der Waals surface area contributed by atoms with Crippen molar-refractivity contribution in [3.05, 3.63) is 38.4 Å². The average molecular weight is 312 g/mol. The van der Waals surface area contributed by atoms with Gasteiger partial charge in [0.15, 0.2) is 0 Å². The molecule has 22 heavy (non-hydrogen) atoms. The molecule has 11 nitrogen and oxygen atoms in total. The van der Waals surface area contributed by atoms with Gasteiger partial charge in [-0.05, 0) is 12.5 Å². The molecule has 0 aliphatic rings. The number of hydrogen-bond donors (Lipinski definition) is 3. The molecule has 0 aliphatic heterocycles. The van der Waals surface area contributed by atoms with Gasteiger partial charge in [0.2, 0.25) is 5.91 Å². The minimum absolute atomic E-state index is 0.182. The molecule has 0 spiro atoms. The number of carbonyl (C=O) groups is 2. The van der Waals surface area contributed by atoms with Crippen molar-refractivity contribution in [2.75, 3.05) is 5.32 Å². The van der Waals surface area contributed by atoms with E-state index in [2.05, 4.69) is 5.32 Å². The molecule has 1 aromatic carbocycles. The molecule has 0 aromatic heterocycles. The average Bonchev–Trinajstić information content (AvgIpc) is 2.42. The number of nitro benzene ring substituents is 2. The minimum atomic E-state index is -1.34. The first-order chi connectivity index (χ1) is 10.2. The predicted molar refractivity (Wildman–Crippen MR) is 73.2 cm³/mol. The molecule has 1 amide bonds. The van der Waals surface area contributed by atoms with Gasteiger partial charge in [-0.3, -0.25) is 25.0 Å². The SMILES string of the molecule is NC(=O)CC[C@@H](Nc1ccc([N+](=O)[O-])cc1[N+](=O)[O-])C(=O)O. The monoisotopic (exact) mass is 312 g/mol. The van der Waals surface area contributed by atoms with Gasteiger partial charge in [0.1, 0.15) is 11.7 Å². The molecule has 118 valence electrons. The number of carbonyl (C=O) groups excluding carboxylic acids is 1. The molecule has 0 unspecified atom stereocenters. The Bertz CT molecular complexity index is 631. The number of non-ortho nitro benzene ring substituents is 1. The summed E-state index contributed by atoms with van der Waals surface area (Å²) in [5, 5.41) is 33.0. The number of rotatable bonds is 8. The van der Waals surface area contributed by atoms with Crippen LogP contribution < -0.4 is 11.1 Å². The van der Waals surface area contributed by atoms with Crippen molar-refractivity contribution < 1.29 is 24.5 Å². The minimum Gasteiger partial charge on any atom is -0.480 e. The third-order valence-electron chi connectivity index (χ3n) is 2.70. The van der Waals surface area contributed by atoms with Crippen LogP contribution in [0.25, 0.3) is 0 Å². The number of primary amides is 1. The second kappa shape index (κ2) is 6.97. The van der Waals surface area contributed by atoms with Crippen molar-refractivity contribution in [3.8, 4) is 0 Å². The lowest BCUT2D eigenvalue weighted by atomic mass is 10.1. The molecule has 0 radical (unpaired) electrons. The Morgan fingerprint density at radius 1 is 1.27 bits per heavy atom. The maximum absolute atomic E-state index is 11.1. The Hall–Kier alpha value is -3.24. The number of anilines is 1. The molecule has 1 atom stereocenters. The normalized spacial score (nSPS) is 11.5. The number of aliphatic carboxylic acids is 1. The van der Waals surface area contributed by atoms with Crippen LogP contribution in [0.1, 0.15) is 12.8 Å². The third kappa shape index (κ3) is 4.40. The van der Waals surface area contributed by atoms with Crippen LogP contribution in [0, 0.1) is 20.2 Å². The lowest BCUT2D eigenvalue weighted by molar-refractivity contribution is -0.393. The second-order valence-electron chi connectivity index (χ2n) is 4.26. The van der Waals surface area contributed by atoms with Gasteiger partial charge in [0.05, 0.1) is 15.9 Å². The van der Waals surface area contributed by atoms with Gasteiger partial charge in [0.25, 0.3) is 11.4 Å². The molecule has 0 saturated heterocycles. The summed E-state index contributed by atoms with van der Waals surface area (Å²) in [6, 6.07) is 1.46. The van der Waals surface area contributed by atoms with Gasteiger partial charge < -0.3 is 16.2 Å². The molecule has 0 saturated carbocycles. The number of nitrogens with zero attached hydrogens (tertiary/aromatic N) is 2. The molecule has 1 aromatic rings. The number of carboxylic acids is 1. The third-order valence-corrected chi connectivity index (χ3v) is 2.70. The first kappa shape index (κ1) is 16.8. The standard InChI is InChI=1S/C11H12N4O7/c12-10(16)4-3-8(11(17)18)13-7-2-1-6(14(19)20)5-9(7)15(21)22/h1-2,5,8,13H,3-4H2,(H2,12,16)(H,17,18)/t8-/m1/s1. The van der Waals surface area contributed by atoms with E-state index in [4.69, 9.17) is 10.8 Å². The fraction of sp³-hybridized carbons (Fsp3) is 0.273. The van der Waals surface area contributed by atoms with Gasteiger partial charge in [-0.15, -0.1) is 0 Å². The maximum Gasteiger partial charge on any atom is 0.326 e. The molecule has 0 aliphatic carbocycles. The van der Waals surface area contributed by atoms with Crippen LogP contribution >= 0.6 is 0 Å². The highest BCUT2D eigenvalue weighted by Crippen LogP contribution is 2.29. The number of nitrogens with two attached hydrogens (primary N) is 1. The summed E-state index contributed by atoms with van der Waals surface area (Å²) in [4.78, 5) is 41.6. The smallest absolute Gasteiger partial charge is 0.326 e. The van der Waals surface area contributed by atoms with Crippen LogP contribution in [0.2, 0.25) is 0 Å². The first-order valence-electron chi connectivity index (χ1n) is 5.93. The van der Waals surface area contributed by atoms with Crippen LogP contribution in [0.4, 0.5) is 17.1 Å². The zero-order valence-corrected chi connectivity index (χ0v) is 11.1. The molecular weight excluding hydrogens is 300 g/mol. The zero-order valence-electron chi connectivity index (χ0n) is 11.1. The van der Waals surface area contributed by atoms with Crippen LogP contribution in [0.3, 0.4) is 0 Å². The highest BCUT2D eigenvalue weighted by Gasteiger charge is 2.24. The summed E-state index contributed by atoms with van der Waals surface area (Å²) in [7, 11) is 0. The summed E-state index contributed by atoms with van der Waals surface area (Å²) in [6.07, 6.45) is -0.413. The molecule has 11 heteroatoms. The quantitative estimate of drug-likeness (QED) is 0.461. The number of nitro groups is 2. The Morgan fingerprint density at radius 2 is 1.91 bits per heavy atom. The summed E-state index contributed by atoms with van der Waals surface area (Å²) < 4.78 is 0. The highest BCUT2D eigenvalue weighted by molar-refractivity contribution is 5.81. The summed E-state index contributed by atoms with van der Waals surface area (Å²) in [5.74, 6) is -2.06. The first-order valence-corrected chi connectivity index (χ1v) is 5.93. The highest BCUT2D eigenvalue weighted by atomic mass is 16.6. The molecule has 1 rings (SSSR count). The Balaban J connectivity index is 3.08. The topological polar surface area (TPSA) is 179 Å². The van der Waals surface area contributed by atoms with Crippen molar-refractivity contribution in [1.82, 2.24) is 0 Å². The van der Waals surface area contributed by atoms with Crippen LogP contribution in [0.15, 0.2) is 18.2 Å². The van der Waals surface area contributed by atoms with Crippen LogP contribution in [0.5, 0.6) is 0 Å². The molecule has 0 fully saturated rings. The number of benzene rings is 1. The summed E-state index contributed by atoms with van der Waals surface area (Å²) >= 11 is 0.